The Labute approximate surface area is 127 Å². The van der Waals surface area contributed by atoms with Gasteiger partial charge in [-0.3, -0.25) is 0 Å². The quantitative estimate of drug-likeness (QED) is 0.831. The highest BCUT2D eigenvalue weighted by Gasteiger charge is 2.40. The van der Waals surface area contributed by atoms with Crippen molar-refractivity contribution in [2.45, 2.75) is 51.3 Å². The predicted molar refractivity (Wildman–Crippen MR) is 79.8 cm³/mol. The number of alkyl halides is 3. The van der Waals surface area contributed by atoms with E-state index in [1.165, 1.54) is 6.07 Å². The van der Waals surface area contributed by atoms with Crippen molar-refractivity contribution in [3.8, 4) is 0 Å². The topological polar surface area (TPSA) is 25.0 Å². The number of aromatic amines is 1. The second-order valence-electron chi connectivity index (χ2n) is 5.90. The lowest BCUT2D eigenvalue weighted by atomic mass is 9.85. The van der Waals surface area contributed by atoms with E-state index in [-0.39, 0.29) is 5.52 Å². The fourth-order valence-electron chi connectivity index (χ4n) is 3.64. The maximum atomic E-state index is 13.3. The van der Waals surface area contributed by atoms with Crippen molar-refractivity contribution in [1.29, 1.82) is 0 Å². The molecule has 1 unspecified atom stereocenters. The van der Waals surface area contributed by atoms with Gasteiger partial charge in [0.1, 0.15) is 5.60 Å². The summed E-state index contributed by atoms with van der Waals surface area (Å²) in [5.74, 6) is 0. The molecule has 1 atom stereocenters. The molecule has 0 fully saturated rings. The van der Waals surface area contributed by atoms with E-state index in [1.54, 1.807) is 6.07 Å². The van der Waals surface area contributed by atoms with Gasteiger partial charge in [0.05, 0.1) is 23.4 Å². The second kappa shape index (κ2) is 5.30. The summed E-state index contributed by atoms with van der Waals surface area (Å²) < 4.78 is 45.8. The number of hydrogen-bond acceptors (Lipinski definition) is 1. The van der Waals surface area contributed by atoms with E-state index in [1.807, 2.05) is 6.92 Å². The molecule has 0 spiro atoms. The van der Waals surface area contributed by atoms with E-state index in [0.29, 0.717) is 18.4 Å². The van der Waals surface area contributed by atoms with E-state index in [4.69, 9.17) is 4.74 Å². The summed E-state index contributed by atoms with van der Waals surface area (Å²) in [6.07, 6.45) is -1.21. The molecule has 0 radical (unpaired) electrons. The molecule has 1 aromatic heterocycles. The van der Waals surface area contributed by atoms with Gasteiger partial charge < -0.3 is 9.72 Å². The van der Waals surface area contributed by atoms with Crippen LogP contribution < -0.4 is 0 Å². The van der Waals surface area contributed by atoms with Crippen LogP contribution in [0, 0.1) is 0 Å². The van der Waals surface area contributed by atoms with Gasteiger partial charge in [-0.2, -0.15) is 13.2 Å². The van der Waals surface area contributed by atoms with Crippen molar-refractivity contribution >= 4 is 10.9 Å². The molecular weight excluding hydrogens is 291 g/mol. The molecule has 1 aromatic carbocycles. The highest BCUT2D eigenvalue weighted by Crippen LogP contribution is 2.44. The number of rotatable bonds is 3. The Balaban J connectivity index is 2.27. The van der Waals surface area contributed by atoms with Crippen LogP contribution in [-0.2, 0) is 22.9 Å². The summed E-state index contributed by atoms with van der Waals surface area (Å²) in [5.41, 5.74) is 0.947. The average Bonchev–Trinajstić information content (AvgIpc) is 2.86. The minimum atomic E-state index is -4.35. The molecule has 22 heavy (non-hydrogen) atoms. The van der Waals surface area contributed by atoms with Crippen LogP contribution in [0.3, 0.4) is 0 Å². The second-order valence-corrected chi connectivity index (χ2v) is 5.90. The molecule has 0 aliphatic carbocycles. The highest BCUT2D eigenvalue weighted by molar-refractivity contribution is 5.88. The fraction of sp³-hybridized carbons (Fsp3) is 0.529. The molecule has 1 aliphatic rings. The van der Waals surface area contributed by atoms with E-state index in [0.717, 1.165) is 36.6 Å². The Morgan fingerprint density at radius 2 is 2.05 bits per heavy atom. The Morgan fingerprint density at radius 3 is 2.68 bits per heavy atom. The van der Waals surface area contributed by atoms with Crippen molar-refractivity contribution in [3.05, 3.63) is 35.0 Å². The summed E-state index contributed by atoms with van der Waals surface area (Å²) >= 11 is 0. The summed E-state index contributed by atoms with van der Waals surface area (Å²) in [5, 5.41) is 0.682. The fourth-order valence-corrected chi connectivity index (χ4v) is 3.64. The lowest BCUT2D eigenvalue weighted by molar-refractivity contribution is -0.136. The lowest BCUT2D eigenvalue weighted by Gasteiger charge is -2.36. The number of nitrogens with one attached hydrogen (secondary N) is 1. The van der Waals surface area contributed by atoms with Crippen LogP contribution in [0.2, 0.25) is 0 Å². The Morgan fingerprint density at radius 1 is 1.27 bits per heavy atom. The SMILES string of the molecule is CCCC1(CC)OCCc2c1[nH]c1c(C(F)(F)F)cccc21. The van der Waals surface area contributed by atoms with Crippen molar-refractivity contribution in [1.82, 2.24) is 4.98 Å². The van der Waals surface area contributed by atoms with E-state index in [2.05, 4.69) is 11.9 Å². The van der Waals surface area contributed by atoms with Crippen molar-refractivity contribution in [3.63, 3.8) is 0 Å². The molecule has 2 aromatic rings. The van der Waals surface area contributed by atoms with Crippen LogP contribution in [0.5, 0.6) is 0 Å². The van der Waals surface area contributed by atoms with E-state index < -0.39 is 17.3 Å². The van der Waals surface area contributed by atoms with Crippen molar-refractivity contribution in [2.24, 2.45) is 0 Å². The van der Waals surface area contributed by atoms with Crippen molar-refractivity contribution < 1.29 is 17.9 Å². The van der Waals surface area contributed by atoms with Gasteiger partial charge in [-0.15, -0.1) is 0 Å². The molecule has 0 saturated heterocycles. The van der Waals surface area contributed by atoms with Crippen LogP contribution in [0.15, 0.2) is 18.2 Å². The van der Waals surface area contributed by atoms with Gasteiger partial charge in [0.25, 0.3) is 0 Å². The molecule has 0 bridgehead atoms. The molecule has 0 amide bonds. The first kappa shape index (κ1) is 15.4. The Hall–Kier alpha value is -1.49. The van der Waals surface area contributed by atoms with Gasteiger partial charge in [-0.05, 0) is 30.9 Å². The van der Waals surface area contributed by atoms with Gasteiger partial charge in [0.2, 0.25) is 0 Å². The molecule has 2 nitrogen and oxygen atoms in total. The number of fused-ring (bicyclic) bond motifs is 3. The number of para-hydroxylation sites is 1. The first-order valence-electron chi connectivity index (χ1n) is 7.78. The maximum absolute atomic E-state index is 13.3. The Bertz CT molecular complexity index is 689. The molecule has 2 heterocycles. The number of ether oxygens (including phenoxy) is 1. The summed E-state index contributed by atoms with van der Waals surface area (Å²) in [6, 6.07) is 4.40. The minimum Gasteiger partial charge on any atom is -0.368 e. The van der Waals surface area contributed by atoms with Crippen LogP contribution in [0.4, 0.5) is 13.2 Å². The monoisotopic (exact) mass is 311 g/mol. The van der Waals surface area contributed by atoms with E-state index in [9.17, 15) is 13.2 Å². The first-order valence-corrected chi connectivity index (χ1v) is 7.78. The molecule has 3 rings (SSSR count). The third kappa shape index (κ3) is 2.22. The standard InChI is InChI=1S/C17H20F3NO/c1-3-9-16(4-2)15-12(8-10-22-16)11-6-5-7-13(14(11)21-15)17(18,19)20/h5-7,21H,3-4,8-10H2,1-2H3. The number of benzene rings is 1. The minimum absolute atomic E-state index is 0.194. The number of hydrogen-bond donors (Lipinski definition) is 1. The van der Waals surface area contributed by atoms with Gasteiger partial charge in [-0.1, -0.05) is 32.4 Å². The Kier molecular flexibility index (Phi) is 3.71. The molecule has 5 heteroatoms. The summed E-state index contributed by atoms with van der Waals surface area (Å²) in [7, 11) is 0. The van der Waals surface area contributed by atoms with Crippen LogP contribution in [-0.4, -0.2) is 11.6 Å². The third-order valence-corrected chi connectivity index (χ3v) is 4.66. The third-order valence-electron chi connectivity index (χ3n) is 4.66. The largest absolute Gasteiger partial charge is 0.418 e. The summed E-state index contributed by atoms with van der Waals surface area (Å²) in [4.78, 5) is 3.07. The highest BCUT2D eigenvalue weighted by atomic mass is 19.4. The number of aromatic nitrogens is 1. The van der Waals surface area contributed by atoms with Crippen LogP contribution in [0.25, 0.3) is 10.9 Å². The smallest absolute Gasteiger partial charge is 0.368 e. The zero-order chi connectivity index (χ0) is 16.0. The molecule has 1 aliphatic heterocycles. The maximum Gasteiger partial charge on any atom is 0.418 e. The van der Waals surface area contributed by atoms with Gasteiger partial charge in [0, 0.05) is 5.39 Å². The average molecular weight is 311 g/mol. The molecular formula is C17H20F3NO. The van der Waals surface area contributed by atoms with Gasteiger partial charge >= 0.3 is 6.18 Å². The van der Waals surface area contributed by atoms with Gasteiger partial charge in [-0.25, -0.2) is 0 Å². The number of halogens is 3. The first-order chi connectivity index (χ1) is 10.4. The molecule has 0 saturated carbocycles. The van der Waals surface area contributed by atoms with Crippen LogP contribution in [0.1, 0.15) is 49.9 Å². The number of H-pyrrole nitrogens is 1. The predicted octanol–water partition coefficient (Wildman–Crippen LogP) is 5.16. The zero-order valence-electron chi connectivity index (χ0n) is 12.8. The summed E-state index contributed by atoms with van der Waals surface area (Å²) in [6.45, 7) is 4.66. The van der Waals surface area contributed by atoms with Crippen molar-refractivity contribution in [2.75, 3.05) is 6.61 Å². The zero-order valence-corrected chi connectivity index (χ0v) is 12.8. The normalized spacial score (nSPS) is 22.0. The lowest BCUT2D eigenvalue weighted by Crippen LogP contribution is -2.35. The van der Waals surface area contributed by atoms with Crippen LogP contribution >= 0.6 is 0 Å². The van der Waals surface area contributed by atoms with Gasteiger partial charge in [0.15, 0.2) is 0 Å². The molecule has 120 valence electrons. The van der Waals surface area contributed by atoms with E-state index >= 15 is 0 Å². The molecule has 1 N–H and O–H groups in total.